The van der Waals surface area contributed by atoms with Gasteiger partial charge in [-0.05, 0) is 55.5 Å². The number of pyridine rings is 1. The van der Waals surface area contributed by atoms with Crippen LogP contribution in [0.25, 0.3) is 0 Å². The highest BCUT2D eigenvalue weighted by atomic mass is 32.2. The topological polar surface area (TPSA) is 104 Å². The number of aryl methyl sites for hydroxylation is 2. The van der Waals surface area contributed by atoms with Crippen LogP contribution in [-0.4, -0.2) is 31.5 Å². The Morgan fingerprint density at radius 1 is 1.10 bits per heavy atom. The molecule has 1 aliphatic heterocycles. The summed E-state index contributed by atoms with van der Waals surface area (Å²) in [6.45, 7) is 0.712. The van der Waals surface area contributed by atoms with Crippen molar-refractivity contribution in [1.29, 1.82) is 4.78 Å². The highest BCUT2D eigenvalue weighted by Gasteiger charge is 2.13. The van der Waals surface area contributed by atoms with Crippen LogP contribution in [0.1, 0.15) is 24.0 Å². The molecule has 8 heteroatoms. The molecule has 1 aromatic carbocycles. The highest BCUT2D eigenvalue weighted by Crippen LogP contribution is 2.23. The van der Waals surface area contributed by atoms with E-state index in [4.69, 9.17) is 4.78 Å². The van der Waals surface area contributed by atoms with Gasteiger partial charge in [0.05, 0.1) is 9.73 Å². The standard InChI is InChI=1S/C21H24N6OS/c22-29(28)12-2-1-11-24-20-17(9-8-16-5-4-10-23-14-16)15-25-21(27-20)26-18-6-3-7-19(29)13-18/h3-7,10,13-15,22H,1-2,8-9,11-12H2,(H2,24,25,26,27). The van der Waals surface area contributed by atoms with E-state index in [1.165, 1.54) is 5.56 Å². The Hall–Kier alpha value is -3.00. The number of aromatic nitrogens is 3. The van der Waals surface area contributed by atoms with Gasteiger partial charge >= 0.3 is 0 Å². The van der Waals surface area contributed by atoms with Gasteiger partial charge < -0.3 is 10.6 Å². The van der Waals surface area contributed by atoms with Crippen LogP contribution in [0.15, 0.2) is 59.9 Å². The lowest BCUT2D eigenvalue weighted by Gasteiger charge is -2.13. The lowest BCUT2D eigenvalue weighted by atomic mass is 10.1. The molecule has 0 saturated carbocycles. The molecule has 1 unspecified atom stereocenters. The average Bonchev–Trinajstić information content (AvgIpc) is 2.74. The molecule has 0 radical (unpaired) electrons. The lowest BCUT2D eigenvalue weighted by Crippen LogP contribution is -2.10. The smallest absolute Gasteiger partial charge is 0.229 e. The van der Waals surface area contributed by atoms with Crippen molar-refractivity contribution in [3.05, 3.63) is 66.1 Å². The summed E-state index contributed by atoms with van der Waals surface area (Å²) in [6.07, 6.45) is 8.72. The Morgan fingerprint density at radius 2 is 2.03 bits per heavy atom. The Morgan fingerprint density at radius 3 is 2.90 bits per heavy atom. The summed E-state index contributed by atoms with van der Waals surface area (Å²) < 4.78 is 21.0. The van der Waals surface area contributed by atoms with Crippen LogP contribution in [0.2, 0.25) is 0 Å². The van der Waals surface area contributed by atoms with E-state index in [2.05, 4.69) is 31.7 Å². The molecule has 0 spiro atoms. The molecular weight excluding hydrogens is 384 g/mol. The van der Waals surface area contributed by atoms with Crippen LogP contribution in [0.5, 0.6) is 0 Å². The van der Waals surface area contributed by atoms with Crippen LogP contribution in [0, 0.1) is 4.78 Å². The van der Waals surface area contributed by atoms with Crippen LogP contribution in [0.4, 0.5) is 17.5 Å². The van der Waals surface area contributed by atoms with E-state index in [-0.39, 0.29) is 0 Å². The van der Waals surface area contributed by atoms with Crippen molar-refractivity contribution < 1.29 is 4.21 Å². The molecule has 4 rings (SSSR count). The molecule has 0 fully saturated rings. The summed E-state index contributed by atoms with van der Waals surface area (Å²) in [5, 5.41) is 6.58. The summed E-state index contributed by atoms with van der Waals surface area (Å²) in [7, 11) is -2.80. The zero-order valence-corrected chi connectivity index (χ0v) is 16.9. The van der Waals surface area contributed by atoms with Gasteiger partial charge in [0.25, 0.3) is 0 Å². The van der Waals surface area contributed by atoms with Gasteiger partial charge in [-0.2, -0.15) is 4.98 Å². The maximum absolute atomic E-state index is 12.8. The number of nitrogens with zero attached hydrogens (tertiary/aromatic N) is 3. The van der Waals surface area contributed by atoms with Crippen molar-refractivity contribution in [2.24, 2.45) is 0 Å². The second-order valence-electron chi connectivity index (χ2n) is 7.09. The average molecular weight is 409 g/mol. The number of hydrogen-bond donors (Lipinski definition) is 3. The second-order valence-corrected chi connectivity index (χ2v) is 9.32. The SMILES string of the molecule is N=S1(=O)CCCCNc2nc(ncc2CCc2cccnc2)Nc2cccc1c2. The van der Waals surface area contributed by atoms with Crippen molar-refractivity contribution in [1.82, 2.24) is 15.0 Å². The molecule has 29 heavy (non-hydrogen) atoms. The number of anilines is 3. The normalized spacial score (nSPS) is 19.0. The van der Waals surface area contributed by atoms with Gasteiger partial charge in [-0.25, -0.2) is 14.0 Å². The van der Waals surface area contributed by atoms with Crippen LogP contribution in [0.3, 0.4) is 0 Å². The van der Waals surface area contributed by atoms with Gasteiger partial charge in [-0.1, -0.05) is 12.1 Å². The zero-order valence-electron chi connectivity index (χ0n) is 16.1. The Labute approximate surface area is 171 Å². The van der Waals surface area contributed by atoms with E-state index in [1.54, 1.807) is 18.3 Å². The maximum atomic E-state index is 12.8. The number of hydrogen-bond acceptors (Lipinski definition) is 7. The van der Waals surface area contributed by atoms with Gasteiger partial charge in [-0.3, -0.25) is 4.98 Å². The van der Waals surface area contributed by atoms with Gasteiger partial charge in [0.15, 0.2) is 0 Å². The van der Waals surface area contributed by atoms with Crippen LogP contribution in [-0.2, 0) is 22.6 Å². The van der Waals surface area contributed by atoms with Crippen LogP contribution < -0.4 is 10.6 Å². The summed E-state index contributed by atoms with van der Waals surface area (Å²) in [4.78, 5) is 13.9. The lowest BCUT2D eigenvalue weighted by molar-refractivity contribution is 0.670. The largest absolute Gasteiger partial charge is 0.370 e. The van der Waals surface area contributed by atoms with Crippen molar-refractivity contribution in [3.8, 4) is 0 Å². The number of fused-ring (bicyclic) bond motifs is 4. The fraction of sp³-hybridized carbons (Fsp3) is 0.286. The minimum Gasteiger partial charge on any atom is -0.370 e. The van der Waals surface area contributed by atoms with E-state index >= 15 is 0 Å². The predicted molar refractivity (Wildman–Crippen MR) is 115 cm³/mol. The predicted octanol–water partition coefficient (Wildman–Crippen LogP) is 4.01. The monoisotopic (exact) mass is 408 g/mol. The molecule has 2 aromatic heterocycles. The molecule has 0 aliphatic carbocycles. The van der Waals surface area contributed by atoms with Gasteiger partial charge in [0, 0.05) is 47.0 Å². The number of benzene rings is 1. The van der Waals surface area contributed by atoms with Gasteiger partial charge in [0.1, 0.15) is 5.82 Å². The molecule has 3 N–H and O–H groups in total. The third kappa shape index (κ3) is 4.89. The number of nitrogens with one attached hydrogen (secondary N) is 3. The second kappa shape index (κ2) is 8.57. The van der Waals surface area contributed by atoms with Gasteiger partial charge in [-0.15, -0.1) is 0 Å². The Balaban J connectivity index is 1.60. The number of rotatable bonds is 3. The summed E-state index contributed by atoms with van der Waals surface area (Å²) in [5.74, 6) is 1.65. The van der Waals surface area contributed by atoms with Crippen LogP contribution >= 0.6 is 0 Å². The zero-order chi connectivity index (χ0) is 20.1. The molecule has 7 nitrogen and oxygen atoms in total. The van der Waals surface area contributed by atoms with E-state index < -0.39 is 9.73 Å². The highest BCUT2D eigenvalue weighted by molar-refractivity contribution is 7.92. The third-order valence-corrected chi connectivity index (χ3v) is 6.77. The van der Waals surface area contributed by atoms with Crippen molar-refractivity contribution in [2.75, 3.05) is 22.9 Å². The van der Waals surface area contributed by atoms with E-state index in [1.807, 2.05) is 30.6 Å². The van der Waals surface area contributed by atoms with Gasteiger partial charge in [0.2, 0.25) is 5.95 Å². The fourth-order valence-electron chi connectivity index (χ4n) is 3.29. The van der Waals surface area contributed by atoms with Crippen molar-refractivity contribution in [3.63, 3.8) is 0 Å². The first-order chi connectivity index (χ1) is 14.1. The molecule has 3 aromatic rings. The minimum absolute atomic E-state index is 0.356. The molecular formula is C21H24N6OS. The summed E-state index contributed by atoms with van der Waals surface area (Å²) >= 11 is 0. The molecule has 150 valence electrons. The van der Waals surface area contributed by atoms with Crippen molar-refractivity contribution in [2.45, 2.75) is 30.6 Å². The molecule has 0 saturated heterocycles. The van der Waals surface area contributed by atoms with E-state index in [0.29, 0.717) is 23.1 Å². The maximum Gasteiger partial charge on any atom is 0.229 e. The Kier molecular flexibility index (Phi) is 5.71. The fourth-order valence-corrected chi connectivity index (χ4v) is 4.75. The minimum atomic E-state index is -2.80. The molecule has 4 bridgehead atoms. The quantitative estimate of drug-likeness (QED) is 0.605. The van der Waals surface area contributed by atoms with E-state index in [0.717, 1.165) is 42.8 Å². The molecule has 1 aliphatic rings. The van der Waals surface area contributed by atoms with Crippen molar-refractivity contribution >= 4 is 27.2 Å². The molecule has 0 amide bonds. The Bertz CT molecular complexity index is 1090. The van der Waals surface area contributed by atoms with E-state index in [9.17, 15) is 4.21 Å². The third-order valence-electron chi connectivity index (χ3n) is 4.89. The molecule has 1 atom stereocenters. The summed E-state index contributed by atoms with van der Waals surface area (Å²) in [5.41, 5.74) is 2.96. The molecule has 3 heterocycles. The first kappa shape index (κ1) is 19.3. The first-order valence-corrected chi connectivity index (χ1v) is 11.5. The first-order valence-electron chi connectivity index (χ1n) is 9.72. The summed E-state index contributed by atoms with van der Waals surface area (Å²) in [6, 6.07) is 11.2.